The molecular weight excluding hydrogens is 777 g/mol. The lowest BCUT2D eigenvalue weighted by Gasteiger charge is -2.35. The van der Waals surface area contributed by atoms with Crippen molar-refractivity contribution in [3.63, 3.8) is 0 Å². The summed E-state index contributed by atoms with van der Waals surface area (Å²) >= 11 is 0. The minimum absolute atomic E-state index is 0.0366. The van der Waals surface area contributed by atoms with Crippen molar-refractivity contribution < 1.29 is 42.2 Å². The quantitative estimate of drug-likeness (QED) is 0.129. The lowest BCUT2D eigenvalue weighted by molar-refractivity contribution is -0.142. The normalized spacial score (nSPS) is 22.4. The van der Waals surface area contributed by atoms with Gasteiger partial charge in [-0.3, -0.25) is 24.1 Å². The Hall–Kier alpha value is -6.03. The number of ether oxygens (including phenoxy) is 2. The van der Waals surface area contributed by atoms with Crippen molar-refractivity contribution >= 4 is 44.7 Å². The van der Waals surface area contributed by atoms with Gasteiger partial charge in [-0.15, -0.1) is 6.58 Å². The van der Waals surface area contributed by atoms with Gasteiger partial charge in [0.1, 0.15) is 35.2 Å². The lowest BCUT2D eigenvalue weighted by atomic mass is 9.85. The molecule has 0 radical (unpaired) electrons. The zero-order valence-corrected chi connectivity index (χ0v) is 34.1. The van der Waals surface area contributed by atoms with E-state index in [9.17, 15) is 32.7 Å². The molecule has 4 N–H and O–H groups in total. The number of methoxy groups -OCH3 is 1. The predicted octanol–water partition coefficient (Wildman–Crippen LogP) is 4.62. The average Bonchev–Trinajstić information content (AvgIpc) is 4.11. The summed E-state index contributed by atoms with van der Waals surface area (Å²) in [6, 6.07) is 17.6. The number of pyridine rings is 2. The fraction of sp³-hybridized carbons (Fsp3) is 0.395. The van der Waals surface area contributed by atoms with E-state index >= 15 is 0 Å². The fourth-order valence-electron chi connectivity index (χ4n) is 7.86. The largest absolute Gasteiger partial charge is 0.497 e. The topological polar surface area (TPSA) is 206 Å². The maximum Gasteiger partial charge on any atom is 0.405 e. The number of aromatic nitrogens is 2. The number of benzene rings is 2. The van der Waals surface area contributed by atoms with Gasteiger partial charge in [-0.2, -0.15) is 0 Å². The summed E-state index contributed by atoms with van der Waals surface area (Å²) in [6.07, 6.45) is 3.38. The van der Waals surface area contributed by atoms with Gasteiger partial charge < -0.3 is 30.1 Å². The number of carboxylic acid groups (broad SMARTS) is 1. The van der Waals surface area contributed by atoms with Crippen molar-refractivity contribution in [3.8, 4) is 22.8 Å². The summed E-state index contributed by atoms with van der Waals surface area (Å²) in [6.45, 7) is 8.81. The molecule has 2 aliphatic carbocycles. The Morgan fingerprint density at radius 1 is 1.07 bits per heavy atom. The van der Waals surface area contributed by atoms with Crippen molar-refractivity contribution in [2.45, 2.75) is 81.3 Å². The first-order valence-corrected chi connectivity index (χ1v) is 20.9. The second-order valence-corrected chi connectivity index (χ2v) is 18.7. The van der Waals surface area contributed by atoms with Crippen LogP contribution in [0.1, 0.15) is 52.0 Å². The first-order chi connectivity index (χ1) is 28.0. The van der Waals surface area contributed by atoms with Crippen LogP contribution in [0.2, 0.25) is 0 Å². The summed E-state index contributed by atoms with van der Waals surface area (Å²) in [4.78, 5) is 65.1. The van der Waals surface area contributed by atoms with E-state index in [4.69, 9.17) is 14.5 Å². The second kappa shape index (κ2) is 15.6. The van der Waals surface area contributed by atoms with Crippen molar-refractivity contribution in [3.05, 3.63) is 97.3 Å². The smallest absolute Gasteiger partial charge is 0.405 e. The maximum atomic E-state index is 14.5. The molecule has 4 amide bonds. The van der Waals surface area contributed by atoms with E-state index in [1.54, 1.807) is 76.7 Å². The Morgan fingerprint density at radius 3 is 2.42 bits per heavy atom. The molecule has 2 aromatic heterocycles. The van der Waals surface area contributed by atoms with Crippen LogP contribution in [0.25, 0.3) is 22.2 Å². The van der Waals surface area contributed by atoms with Crippen molar-refractivity contribution in [1.82, 2.24) is 30.2 Å². The van der Waals surface area contributed by atoms with Crippen LogP contribution in [-0.2, 0) is 30.8 Å². The summed E-state index contributed by atoms with van der Waals surface area (Å²) in [5.74, 6) is -1.87. The molecule has 310 valence electrons. The third-order valence-corrected chi connectivity index (χ3v) is 13.6. The molecule has 3 fully saturated rings. The number of amides is 4. The van der Waals surface area contributed by atoms with Crippen LogP contribution in [0.15, 0.2) is 91.8 Å². The highest BCUT2D eigenvalue weighted by molar-refractivity contribution is 7.91. The number of nitrogens with zero attached hydrogens (tertiary/aromatic N) is 3. The summed E-state index contributed by atoms with van der Waals surface area (Å²) < 4.78 is 40.7. The summed E-state index contributed by atoms with van der Waals surface area (Å²) in [5.41, 5.74) is 0.171. The molecule has 4 aromatic rings. The van der Waals surface area contributed by atoms with Crippen LogP contribution in [0.4, 0.5) is 4.79 Å². The van der Waals surface area contributed by atoms with Gasteiger partial charge in [-0.05, 0) is 54.9 Å². The van der Waals surface area contributed by atoms with Crippen molar-refractivity contribution in [2.75, 3.05) is 13.7 Å². The molecule has 0 spiro atoms. The van der Waals surface area contributed by atoms with Gasteiger partial charge in [0.15, 0.2) is 0 Å². The van der Waals surface area contributed by atoms with Crippen LogP contribution in [0.5, 0.6) is 11.5 Å². The molecule has 0 bridgehead atoms. The van der Waals surface area contributed by atoms with Gasteiger partial charge >= 0.3 is 6.09 Å². The molecule has 2 aromatic carbocycles. The van der Waals surface area contributed by atoms with Crippen LogP contribution < -0.4 is 24.8 Å². The van der Waals surface area contributed by atoms with Gasteiger partial charge in [0.25, 0.3) is 5.91 Å². The third-order valence-electron chi connectivity index (χ3n) is 11.5. The maximum absolute atomic E-state index is 14.5. The molecule has 5 atom stereocenters. The van der Waals surface area contributed by atoms with Crippen LogP contribution >= 0.6 is 0 Å². The molecule has 59 heavy (non-hydrogen) atoms. The third kappa shape index (κ3) is 8.31. The number of fused-ring (bicyclic) bond motifs is 1. The highest BCUT2D eigenvalue weighted by Gasteiger charge is 2.63. The molecular formula is C43H48N6O9S. The lowest BCUT2D eigenvalue weighted by Crippen LogP contribution is -2.60. The van der Waals surface area contributed by atoms with Crippen LogP contribution in [0.3, 0.4) is 0 Å². The van der Waals surface area contributed by atoms with Gasteiger partial charge in [-0.1, -0.05) is 63.2 Å². The Kier molecular flexibility index (Phi) is 10.9. The minimum atomic E-state index is -4.20. The Bertz CT molecular complexity index is 2400. The molecule has 3 heterocycles. The molecule has 15 nitrogen and oxygen atoms in total. The minimum Gasteiger partial charge on any atom is -0.497 e. The highest BCUT2D eigenvalue weighted by atomic mass is 32.2. The van der Waals surface area contributed by atoms with E-state index in [2.05, 4.69) is 26.9 Å². The highest BCUT2D eigenvalue weighted by Crippen LogP contribution is 2.48. The second-order valence-electron chi connectivity index (χ2n) is 16.6. The molecule has 7 rings (SSSR count). The number of hydrogen-bond acceptors (Lipinski definition) is 10. The molecule has 1 aliphatic heterocycles. The Morgan fingerprint density at radius 2 is 1.81 bits per heavy atom. The SMILES string of the molecule is C=CC1CC1(NC(=O)C1CC(Oc2cc(-c3ccccc3)nc3cc(OC)ccc23)CN1C(=O)C(NC(=O)O)C(C)(C)C)C(=O)NS(=O)(=O)C1(Cc2cccnc2)CC1. The fourth-order valence-corrected chi connectivity index (χ4v) is 9.50. The average molecular weight is 825 g/mol. The number of sulfonamides is 1. The standard InChI is InChI=1S/C43H48N6O9S/c1-6-28-23-43(28,39(52)48-59(55,56)42(16-17-42)22-26-11-10-18-44-24-26)47-37(50)34-20-30(25-49(34)38(51)36(41(2,3)4)46-40(53)54)58-35-21-32(27-12-8-7-9-13-27)45-33-19-29(57-5)14-15-31(33)35/h6-15,18-19,21,24,28,30,34,36,46H,1,16-17,20,22-23,25H2,2-5H3,(H,47,50)(H,48,52)(H,53,54). The van der Waals surface area contributed by atoms with Gasteiger partial charge in [0.05, 0.1) is 29.6 Å². The molecule has 3 aliphatic rings. The van der Waals surface area contributed by atoms with E-state index in [0.717, 1.165) is 5.56 Å². The van der Waals surface area contributed by atoms with E-state index in [0.29, 0.717) is 46.5 Å². The first kappa shape index (κ1) is 41.1. The molecule has 16 heteroatoms. The van der Waals surface area contributed by atoms with Crippen LogP contribution in [0, 0.1) is 11.3 Å². The Labute approximate surface area is 342 Å². The summed E-state index contributed by atoms with van der Waals surface area (Å²) in [7, 11) is -2.65. The van der Waals surface area contributed by atoms with Gasteiger partial charge in [0, 0.05) is 47.8 Å². The van der Waals surface area contributed by atoms with Crippen molar-refractivity contribution in [2.24, 2.45) is 11.3 Å². The number of hydrogen-bond donors (Lipinski definition) is 4. The van der Waals surface area contributed by atoms with E-state index in [1.807, 2.05) is 30.3 Å². The monoisotopic (exact) mass is 824 g/mol. The van der Waals surface area contributed by atoms with Crippen molar-refractivity contribution in [1.29, 1.82) is 0 Å². The summed E-state index contributed by atoms with van der Waals surface area (Å²) in [5, 5.41) is 15.5. The number of rotatable bonds is 14. The van der Waals surface area contributed by atoms with E-state index in [-0.39, 0.29) is 25.8 Å². The molecule has 5 unspecified atom stereocenters. The van der Waals surface area contributed by atoms with Crippen LogP contribution in [-0.4, -0.2) is 94.3 Å². The Balaban J connectivity index is 1.18. The van der Waals surface area contributed by atoms with E-state index < -0.39 is 73.6 Å². The number of carbonyl (C=O) groups excluding carboxylic acids is 3. The number of nitrogens with one attached hydrogen (secondary N) is 3. The van der Waals surface area contributed by atoms with Gasteiger partial charge in [-0.25, -0.2) is 18.2 Å². The van der Waals surface area contributed by atoms with Gasteiger partial charge in [0.2, 0.25) is 21.8 Å². The van der Waals surface area contributed by atoms with E-state index in [1.165, 1.54) is 11.0 Å². The number of carbonyl (C=O) groups is 4. The molecule has 1 saturated heterocycles. The first-order valence-electron chi connectivity index (χ1n) is 19.4. The number of likely N-dealkylation sites (tertiary alicyclic amines) is 1. The predicted molar refractivity (Wildman–Crippen MR) is 219 cm³/mol. The zero-order valence-electron chi connectivity index (χ0n) is 33.3. The molecule has 2 saturated carbocycles. The zero-order chi connectivity index (χ0) is 42.3.